The van der Waals surface area contributed by atoms with E-state index in [2.05, 4.69) is 4.12 Å². The molecule has 84 valence electrons. The van der Waals surface area contributed by atoms with Crippen molar-refractivity contribution in [2.24, 2.45) is 0 Å². The first-order chi connectivity index (χ1) is 6.54. The SMILES string of the molecule is [Ca+2].[O-][Si]([O-])([O-])O[Si]([O-])([O-])[O-].[O]=[U+2]=[O].[O]=[U+2]=[O]. The van der Waals surface area contributed by atoms with Crippen LogP contribution in [0.1, 0.15) is 0 Å². The van der Waals surface area contributed by atoms with Crippen LogP contribution in [0.5, 0.6) is 0 Å². The van der Waals surface area contributed by atoms with Gasteiger partial charge in [-0.25, -0.2) is 0 Å². The van der Waals surface area contributed by atoms with E-state index in [-0.39, 0.29) is 37.7 Å². The normalized spacial score (nSPS) is 8.88. The number of hydrogen-bond donors (Lipinski definition) is 0. The molecular weight excluding hydrogens is 748 g/mol. The molecule has 16 heteroatoms. The van der Waals surface area contributed by atoms with Crippen molar-refractivity contribution in [2.75, 3.05) is 0 Å². The Morgan fingerprint density at radius 1 is 0.688 bits per heavy atom. The fourth-order valence-electron chi connectivity index (χ4n) is 0.153. The van der Waals surface area contributed by atoms with Gasteiger partial charge in [-0.15, -0.1) is 18.1 Å². The third-order valence-corrected chi connectivity index (χ3v) is 2.25. The van der Waals surface area contributed by atoms with Crippen molar-refractivity contribution in [1.82, 2.24) is 0 Å². The van der Waals surface area contributed by atoms with Crippen molar-refractivity contribution in [3.63, 3.8) is 0 Å². The Morgan fingerprint density at radius 2 is 0.812 bits per heavy atom. The summed E-state index contributed by atoms with van der Waals surface area (Å²) in [6.45, 7) is 0. The summed E-state index contributed by atoms with van der Waals surface area (Å²) in [6, 6.07) is 0. The Hall–Kier alpha value is 2.72. The van der Waals surface area contributed by atoms with Crippen molar-refractivity contribution in [2.45, 2.75) is 0 Å². The van der Waals surface area contributed by atoms with E-state index < -0.39 is 73.7 Å². The van der Waals surface area contributed by atoms with Gasteiger partial charge in [0.1, 0.15) is 0 Å². The molecule has 0 aromatic heterocycles. The molecule has 16 heavy (non-hydrogen) atoms. The van der Waals surface area contributed by atoms with Gasteiger partial charge in [0.25, 0.3) is 0 Å². The summed E-state index contributed by atoms with van der Waals surface area (Å²) in [5, 5.41) is 0. The third kappa shape index (κ3) is 54.3. The van der Waals surface area contributed by atoms with Crippen LogP contribution >= 0.6 is 0 Å². The fourth-order valence-corrected chi connectivity index (χ4v) is 1.38. The molecule has 0 saturated carbocycles. The molecular formula is CaO11Si2U2. The van der Waals surface area contributed by atoms with E-state index in [1.807, 2.05) is 0 Å². The molecule has 0 bridgehead atoms. The summed E-state index contributed by atoms with van der Waals surface area (Å²) >= 11 is -5.01. The molecule has 0 radical (unpaired) electrons. The van der Waals surface area contributed by atoms with E-state index in [1.165, 1.54) is 0 Å². The second kappa shape index (κ2) is 15.8. The molecule has 0 atom stereocenters. The second-order valence-electron chi connectivity index (χ2n) is 1.27. The van der Waals surface area contributed by atoms with Gasteiger partial charge in [-0.1, -0.05) is 0 Å². The first kappa shape index (κ1) is 27.1. The summed E-state index contributed by atoms with van der Waals surface area (Å²) in [4.78, 5) is 56.2. The van der Waals surface area contributed by atoms with E-state index >= 15 is 0 Å². The topological polar surface area (TPSA) is 216 Å². The van der Waals surface area contributed by atoms with Crippen LogP contribution < -0.4 is 28.8 Å². The average Bonchev–Trinajstić information content (AvgIpc) is 1.80. The van der Waals surface area contributed by atoms with Gasteiger partial charge in [0, 0.05) is 0 Å². The molecule has 0 aliphatic rings. The first-order valence-corrected chi connectivity index (χ1v) is 12.5. The van der Waals surface area contributed by atoms with Gasteiger partial charge in [0.2, 0.25) is 0 Å². The van der Waals surface area contributed by atoms with Gasteiger partial charge in [0.05, 0.1) is 0 Å². The van der Waals surface area contributed by atoms with E-state index in [0.717, 1.165) is 0 Å². The minimum absolute atomic E-state index is 0. The van der Waals surface area contributed by atoms with Crippen LogP contribution in [0.15, 0.2) is 0 Å². The maximum atomic E-state index is 9.36. The van der Waals surface area contributed by atoms with Gasteiger partial charge < -0.3 is 32.9 Å². The van der Waals surface area contributed by atoms with E-state index in [9.17, 15) is 28.8 Å². The summed E-state index contributed by atoms with van der Waals surface area (Å²) < 4.78 is 36.9. The molecule has 11 nitrogen and oxygen atoms in total. The standard InChI is InChI=1S/Ca.O7Si2.4O.2U/c;1-8(2,3)7-9(4,5)6;;;;;;/q+2;-6;;;;;2*+2. The predicted molar refractivity (Wildman–Crippen MR) is 21.1 cm³/mol. The minimum atomic E-state index is -5.92. The Bertz CT molecular complexity index is 191. The van der Waals surface area contributed by atoms with Crippen molar-refractivity contribution in [3.8, 4) is 0 Å². The van der Waals surface area contributed by atoms with Crippen molar-refractivity contribution >= 4 is 55.8 Å². The predicted octanol–water partition coefficient (Wildman–Crippen LogP) is -8.82. The second-order valence-corrected chi connectivity index (χ2v) is 5.47. The molecule has 0 aromatic rings. The molecule has 0 saturated heterocycles. The summed E-state index contributed by atoms with van der Waals surface area (Å²) in [6.07, 6.45) is 0. The molecule has 0 aliphatic carbocycles. The molecule has 0 spiro atoms. The van der Waals surface area contributed by atoms with E-state index in [4.69, 9.17) is 8.94 Å². The monoisotopic (exact) mass is 748 g/mol. The average molecular weight is 748 g/mol. The summed E-state index contributed by atoms with van der Waals surface area (Å²) in [7, 11) is -11.8. The first-order valence-electron chi connectivity index (χ1n) is 2.45. The van der Waals surface area contributed by atoms with Crippen LogP contribution in [0.2, 0.25) is 0 Å². The molecule has 0 aliphatic heterocycles. The Balaban J connectivity index is -0.0000000870. The molecule has 0 aromatic carbocycles. The number of hydrogen-bond acceptors (Lipinski definition) is 11. The molecule has 0 N–H and O–H groups in total. The van der Waals surface area contributed by atoms with Crippen molar-refractivity contribution < 1.29 is 97.5 Å². The van der Waals surface area contributed by atoms with E-state index in [0.29, 0.717) is 0 Å². The van der Waals surface area contributed by atoms with Gasteiger partial charge >= 0.3 is 102 Å². The van der Waals surface area contributed by atoms with Gasteiger partial charge in [-0.05, 0) is 0 Å². The maximum absolute atomic E-state index is 9.36. The zero-order valence-electron chi connectivity index (χ0n) is 7.20. The molecule has 0 fully saturated rings. The molecule has 0 heterocycles. The fraction of sp³-hybridized carbons (Fsp3) is 0. The Morgan fingerprint density at radius 3 is 0.812 bits per heavy atom. The van der Waals surface area contributed by atoms with Gasteiger partial charge in [-0.3, -0.25) is 0 Å². The molecule has 0 unspecified atom stereocenters. The third-order valence-electron chi connectivity index (χ3n) is 0.250. The van der Waals surface area contributed by atoms with Gasteiger partial charge in [-0.2, -0.15) is 0 Å². The zero-order valence-corrected chi connectivity index (χ0v) is 19.7. The summed E-state index contributed by atoms with van der Waals surface area (Å²) in [5.41, 5.74) is 0. The quantitative estimate of drug-likeness (QED) is 0.242. The van der Waals surface area contributed by atoms with E-state index in [1.54, 1.807) is 0 Å². The Kier molecular flexibility index (Phi) is 26.7. The molecule has 0 rings (SSSR count). The van der Waals surface area contributed by atoms with Crippen LogP contribution in [0.4, 0.5) is 0 Å². The van der Waals surface area contributed by atoms with Crippen LogP contribution in [0.25, 0.3) is 0 Å². The molecule has 0 amide bonds. The zero-order chi connectivity index (χ0) is 13.1. The summed E-state index contributed by atoms with van der Waals surface area (Å²) in [5.74, 6) is 0. The Labute approximate surface area is 150 Å². The van der Waals surface area contributed by atoms with Crippen LogP contribution in [-0.2, 0) is 13.1 Å². The van der Waals surface area contributed by atoms with Gasteiger partial charge in [0.15, 0.2) is 0 Å². The van der Waals surface area contributed by atoms with Crippen LogP contribution in [0.3, 0.4) is 0 Å². The van der Waals surface area contributed by atoms with Crippen molar-refractivity contribution in [3.05, 3.63) is 0 Å². The van der Waals surface area contributed by atoms with Crippen LogP contribution in [-0.4, -0.2) is 55.8 Å². The van der Waals surface area contributed by atoms with Crippen molar-refractivity contribution in [1.29, 1.82) is 0 Å². The number of rotatable bonds is 2. The van der Waals surface area contributed by atoms with Crippen LogP contribution in [0, 0.1) is 55.6 Å².